The lowest BCUT2D eigenvalue weighted by Gasteiger charge is -2.17. The van der Waals surface area contributed by atoms with E-state index < -0.39 is 0 Å². The van der Waals surface area contributed by atoms with Crippen molar-refractivity contribution < 1.29 is 0 Å². The van der Waals surface area contributed by atoms with E-state index in [1.807, 2.05) is 19.2 Å². The molecule has 90 valence electrons. The van der Waals surface area contributed by atoms with Crippen molar-refractivity contribution in [2.24, 2.45) is 0 Å². The van der Waals surface area contributed by atoms with Gasteiger partial charge < -0.3 is 5.32 Å². The Hall–Kier alpha value is 0.190. The third-order valence-corrected chi connectivity index (χ3v) is 4.87. The molecule has 0 amide bonds. The first kappa shape index (κ1) is 13.6. The lowest BCUT2D eigenvalue weighted by molar-refractivity contribution is 0.694. The molecule has 0 aliphatic heterocycles. The van der Waals surface area contributed by atoms with E-state index in [-0.39, 0.29) is 6.04 Å². The van der Waals surface area contributed by atoms with Gasteiger partial charge in [-0.15, -0.1) is 11.3 Å². The van der Waals surface area contributed by atoms with Gasteiger partial charge in [0.05, 0.1) is 8.93 Å². The van der Waals surface area contributed by atoms with Crippen molar-refractivity contribution >= 4 is 57.1 Å². The van der Waals surface area contributed by atoms with Gasteiger partial charge in [-0.1, -0.05) is 23.2 Å². The maximum absolute atomic E-state index is 6.23. The molecule has 0 saturated heterocycles. The highest BCUT2D eigenvalue weighted by Gasteiger charge is 2.16. The van der Waals surface area contributed by atoms with Crippen molar-refractivity contribution in [3.63, 3.8) is 0 Å². The van der Waals surface area contributed by atoms with E-state index in [1.165, 1.54) is 8.45 Å². The zero-order chi connectivity index (χ0) is 12.4. The van der Waals surface area contributed by atoms with Crippen LogP contribution >= 0.6 is 57.1 Å². The van der Waals surface area contributed by atoms with Crippen LogP contribution in [0.2, 0.25) is 10.0 Å². The van der Waals surface area contributed by atoms with Crippen LogP contribution in [0.3, 0.4) is 0 Å². The van der Waals surface area contributed by atoms with E-state index in [2.05, 4.69) is 39.4 Å². The van der Waals surface area contributed by atoms with Crippen LogP contribution in [-0.4, -0.2) is 7.05 Å². The molecule has 1 N–H and O–H groups in total. The van der Waals surface area contributed by atoms with E-state index in [1.54, 1.807) is 17.4 Å². The predicted molar refractivity (Wildman–Crippen MR) is 84.4 cm³/mol. The smallest absolute Gasteiger partial charge is 0.0656 e. The summed E-state index contributed by atoms with van der Waals surface area (Å²) < 4.78 is 1.26. The van der Waals surface area contributed by atoms with Gasteiger partial charge in [0.2, 0.25) is 0 Å². The summed E-state index contributed by atoms with van der Waals surface area (Å²) >= 11 is 16.3. The molecule has 1 nitrogen and oxygen atoms in total. The van der Waals surface area contributed by atoms with Crippen LogP contribution in [0.1, 0.15) is 17.2 Å². The molecule has 17 heavy (non-hydrogen) atoms. The lowest BCUT2D eigenvalue weighted by Crippen LogP contribution is -2.17. The zero-order valence-electron chi connectivity index (χ0n) is 9.01. The minimum absolute atomic E-state index is 0.0842. The molecule has 0 spiro atoms. The van der Waals surface area contributed by atoms with Gasteiger partial charge in [-0.05, 0) is 70.4 Å². The monoisotopic (exact) mass is 397 g/mol. The number of rotatable bonds is 3. The molecule has 0 aliphatic carbocycles. The van der Waals surface area contributed by atoms with Crippen molar-refractivity contribution in [2.75, 3.05) is 7.05 Å². The van der Waals surface area contributed by atoms with Gasteiger partial charge in [0.1, 0.15) is 0 Å². The molecule has 5 heteroatoms. The summed E-state index contributed by atoms with van der Waals surface area (Å²) in [7, 11) is 1.92. The van der Waals surface area contributed by atoms with E-state index in [0.29, 0.717) is 5.02 Å². The second-order valence-corrected chi connectivity index (χ2v) is 7.22. The van der Waals surface area contributed by atoms with Crippen LogP contribution in [0.25, 0.3) is 0 Å². The van der Waals surface area contributed by atoms with Crippen LogP contribution in [0.4, 0.5) is 0 Å². The average molecular weight is 398 g/mol. The van der Waals surface area contributed by atoms with Gasteiger partial charge in [0.15, 0.2) is 0 Å². The summed E-state index contributed by atoms with van der Waals surface area (Å²) in [4.78, 5) is 0. The minimum Gasteiger partial charge on any atom is -0.309 e. The number of hydrogen-bond donors (Lipinski definition) is 1. The summed E-state index contributed by atoms with van der Waals surface area (Å²) in [6.07, 6.45) is 0. The second-order valence-electron chi connectivity index (χ2n) is 3.57. The number of hydrogen-bond acceptors (Lipinski definition) is 2. The molecular formula is C12H10Cl2INS. The first-order valence-corrected chi connectivity index (χ1v) is 7.69. The summed E-state index contributed by atoms with van der Waals surface area (Å²) in [6.45, 7) is 0. The van der Waals surface area contributed by atoms with E-state index in [9.17, 15) is 0 Å². The van der Waals surface area contributed by atoms with Crippen molar-refractivity contribution in [1.29, 1.82) is 0 Å². The Kier molecular flexibility index (Phi) is 4.72. The Morgan fingerprint density at radius 1 is 1.29 bits per heavy atom. The fraction of sp³-hybridized carbons (Fsp3) is 0.167. The van der Waals surface area contributed by atoms with Crippen LogP contribution < -0.4 is 5.32 Å². The molecule has 1 aromatic carbocycles. The molecule has 0 aliphatic rings. The fourth-order valence-corrected chi connectivity index (χ4v) is 3.52. The van der Waals surface area contributed by atoms with Crippen LogP contribution in [0.5, 0.6) is 0 Å². The van der Waals surface area contributed by atoms with Crippen molar-refractivity contribution in [2.45, 2.75) is 6.04 Å². The van der Waals surface area contributed by atoms with Gasteiger partial charge >= 0.3 is 0 Å². The Morgan fingerprint density at radius 3 is 2.65 bits per heavy atom. The number of nitrogens with one attached hydrogen (secondary N) is 1. The molecule has 0 saturated carbocycles. The first-order valence-electron chi connectivity index (χ1n) is 4.98. The van der Waals surface area contributed by atoms with E-state index in [0.717, 1.165) is 10.6 Å². The maximum atomic E-state index is 6.23. The highest BCUT2D eigenvalue weighted by Crippen LogP contribution is 2.32. The van der Waals surface area contributed by atoms with E-state index in [4.69, 9.17) is 23.2 Å². The fourth-order valence-electron chi connectivity index (χ4n) is 1.71. The van der Waals surface area contributed by atoms with Crippen molar-refractivity contribution in [3.8, 4) is 0 Å². The molecule has 1 aromatic heterocycles. The highest BCUT2D eigenvalue weighted by molar-refractivity contribution is 14.1. The van der Waals surface area contributed by atoms with Gasteiger partial charge in [-0.3, -0.25) is 0 Å². The van der Waals surface area contributed by atoms with Crippen LogP contribution in [-0.2, 0) is 0 Å². The van der Waals surface area contributed by atoms with Crippen molar-refractivity contribution in [3.05, 3.63) is 53.7 Å². The van der Waals surface area contributed by atoms with Crippen LogP contribution in [0, 0.1) is 2.88 Å². The topological polar surface area (TPSA) is 12.0 Å². The second kappa shape index (κ2) is 5.89. The number of halogens is 3. The standard InChI is InChI=1S/C12H10Cl2INS/c1-16-12(7-4-11(15)17-6-7)9-5-8(13)2-3-10(9)14/h2-6,12,16H,1H3. The number of thiophene rings is 1. The Balaban J connectivity index is 2.45. The molecule has 2 rings (SSSR count). The SMILES string of the molecule is CNC(c1csc(I)c1)c1cc(Cl)ccc1Cl. The third kappa shape index (κ3) is 3.15. The maximum Gasteiger partial charge on any atom is 0.0656 e. The summed E-state index contributed by atoms with van der Waals surface area (Å²) in [5.41, 5.74) is 2.22. The minimum atomic E-state index is 0.0842. The summed E-state index contributed by atoms with van der Waals surface area (Å²) in [5.74, 6) is 0. The number of benzene rings is 1. The Morgan fingerprint density at radius 2 is 2.06 bits per heavy atom. The van der Waals surface area contributed by atoms with Gasteiger partial charge in [-0.2, -0.15) is 0 Å². The molecule has 0 fully saturated rings. The lowest BCUT2D eigenvalue weighted by atomic mass is 10.0. The molecular weight excluding hydrogens is 388 g/mol. The summed E-state index contributed by atoms with van der Waals surface area (Å²) in [6, 6.07) is 7.79. The van der Waals surface area contributed by atoms with E-state index >= 15 is 0 Å². The largest absolute Gasteiger partial charge is 0.309 e. The third-order valence-electron chi connectivity index (χ3n) is 2.48. The predicted octanol–water partition coefficient (Wildman–Crippen LogP) is 4.97. The highest BCUT2D eigenvalue weighted by atomic mass is 127. The van der Waals surface area contributed by atoms with Crippen LogP contribution in [0.15, 0.2) is 29.6 Å². The Labute approximate surface area is 128 Å². The quantitative estimate of drug-likeness (QED) is 0.721. The van der Waals surface area contributed by atoms with Gasteiger partial charge in [-0.25, -0.2) is 0 Å². The molecule has 1 heterocycles. The van der Waals surface area contributed by atoms with Gasteiger partial charge in [0.25, 0.3) is 0 Å². The molecule has 2 aromatic rings. The van der Waals surface area contributed by atoms with Crippen molar-refractivity contribution in [1.82, 2.24) is 5.32 Å². The molecule has 1 atom stereocenters. The molecule has 1 unspecified atom stereocenters. The summed E-state index contributed by atoms with van der Waals surface area (Å²) in [5, 5.41) is 6.85. The van der Waals surface area contributed by atoms with Gasteiger partial charge in [0, 0.05) is 10.0 Å². The average Bonchev–Trinajstić information content (AvgIpc) is 2.71. The first-order chi connectivity index (χ1) is 8.11. The normalized spacial score (nSPS) is 12.7. The molecule has 0 radical (unpaired) electrons. The molecule has 0 bridgehead atoms. The zero-order valence-corrected chi connectivity index (χ0v) is 13.5. The Bertz CT molecular complexity index is 527.